The summed E-state index contributed by atoms with van der Waals surface area (Å²) in [6, 6.07) is 7.56. The average molecular weight is 293 g/mol. The van der Waals surface area contributed by atoms with E-state index < -0.39 is 0 Å². The molecular formula is C15H15N7. The highest BCUT2D eigenvalue weighted by atomic mass is 15.3. The van der Waals surface area contributed by atoms with Gasteiger partial charge in [0.1, 0.15) is 6.33 Å². The van der Waals surface area contributed by atoms with Crippen molar-refractivity contribution in [1.29, 1.82) is 0 Å². The molecule has 3 rings (SSSR count). The number of hydrazone groups is 1. The maximum Gasteiger partial charge on any atom is 0.159 e. The summed E-state index contributed by atoms with van der Waals surface area (Å²) < 4.78 is 1.77. The molecule has 0 aliphatic rings. The summed E-state index contributed by atoms with van der Waals surface area (Å²) in [6.45, 7) is 3.93. The third-order valence-electron chi connectivity index (χ3n) is 2.96. The number of aryl methyl sites for hydroxylation is 2. The second-order valence-electron chi connectivity index (χ2n) is 4.76. The van der Waals surface area contributed by atoms with Gasteiger partial charge in [-0.3, -0.25) is 10.4 Å². The van der Waals surface area contributed by atoms with E-state index in [0.29, 0.717) is 11.6 Å². The number of hydrogen-bond donors (Lipinski definition) is 1. The Hall–Kier alpha value is -3.09. The fourth-order valence-electron chi connectivity index (χ4n) is 2.01. The molecule has 0 spiro atoms. The molecule has 3 heterocycles. The monoisotopic (exact) mass is 293 g/mol. The van der Waals surface area contributed by atoms with Crippen molar-refractivity contribution in [3.63, 3.8) is 0 Å². The largest absolute Gasteiger partial charge is 0.264 e. The summed E-state index contributed by atoms with van der Waals surface area (Å²) in [4.78, 5) is 12.4. The molecule has 0 saturated carbocycles. The van der Waals surface area contributed by atoms with Crippen LogP contribution in [0.5, 0.6) is 0 Å². The van der Waals surface area contributed by atoms with Gasteiger partial charge in [0, 0.05) is 29.7 Å². The zero-order valence-corrected chi connectivity index (χ0v) is 12.3. The Morgan fingerprint density at radius 3 is 2.86 bits per heavy atom. The van der Waals surface area contributed by atoms with Crippen LogP contribution >= 0.6 is 0 Å². The highest BCUT2D eigenvalue weighted by molar-refractivity contribution is 5.79. The topological polar surface area (TPSA) is 80.9 Å². The van der Waals surface area contributed by atoms with Gasteiger partial charge in [-0.2, -0.15) is 10.2 Å². The Bertz CT molecular complexity index is 793. The number of hydrogen-bond acceptors (Lipinski definition) is 6. The molecule has 0 amide bonds. The highest BCUT2D eigenvalue weighted by Crippen LogP contribution is 2.12. The lowest BCUT2D eigenvalue weighted by atomic mass is 10.3. The minimum absolute atomic E-state index is 0.595. The van der Waals surface area contributed by atoms with Gasteiger partial charge in [0.05, 0.1) is 11.9 Å². The molecular weight excluding hydrogens is 278 g/mol. The smallest absolute Gasteiger partial charge is 0.159 e. The van der Waals surface area contributed by atoms with Gasteiger partial charge in [0.15, 0.2) is 11.6 Å². The summed E-state index contributed by atoms with van der Waals surface area (Å²) in [7, 11) is 0. The molecule has 1 N–H and O–H groups in total. The van der Waals surface area contributed by atoms with Crippen LogP contribution in [-0.4, -0.2) is 30.9 Å². The lowest BCUT2D eigenvalue weighted by Crippen LogP contribution is -2.04. The summed E-state index contributed by atoms with van der Waals surface area (Å²) in [6.07, 6.45) is 6.61. The predicted octanol–water partition coefficient (Wildman–Crippen LogP) is 2.12. The van der Waals surface area contributed by atoms with Crippen molar-refractivity contribution in [3.05, 3.63) is 59.9 Å². The number of pyridine rings is 1. The minimum atomic E-state index is 0.595. The number of aromatic nitrogens is 5. The molecule has 7 heteroatoms. The molecule has 0 saturated heterocycles. The molecule has 3 aromatic heterocycles. The standard InChI is InChI=1S/C15H15N7/c1-11-6-12(2)22(21-11)15-7-14(17-10-18-15)20-19-9-13-4-3-5-16-8-13/h3-10H,1-2H3,(H,17,18,20)/b19-9-. The lowest BCUT2D eigenvalue weighted by molar-refractivity contribution is 0.801. The second-order valence-corrected chi connectivity index (χ2v) is 4.76. The summed E-state index contributed by atoms with van der Waals surface area (Å²) in [5.41, 5.74) is 5.74. The summed E-state index contributed by atoms with van der Waals surface area (Å²) >= 11 is 0. The first-order valence-electron chi connectivity index (χ1n) is 6.77. The zero-order valence-electron chi connectivity index (χ0n) is 12.3. The molecule has 0 unspecified atom stereocenters. The van der Waals surface area contributed by atoms with Gasteiger partial charge in [0.2, 0.25) is 0 Å². The Morgan fingerprint density at radius 1 is 1.23 bits per heavy atom. The van der Waals surface area contributed by atoms with Crippen molar-refractivity contribution >= 4 is 12.0 Å². The van der Waals surface area contributed by atoms with Crippen LogP contribution in [0.4, 0.5) is 5.82 Å². The van der Waals surface area contributed by atoms with Gasteiger partial charge in [-0.1, -0.05) is 6.07 Å². The predicted molar refractivity (Wildman–Crippen MR) is 84.1 cm³/mol. The first-order valence-corrected chi connectivity index (χ1v) is 6.77. The van der Waals surface area contributed by atoms with Crippen molar-refractivity contribution in [3.8, 4) is 5.82 Å². The van der Waals surface area contributed by atoms with Crippen LogP contribution in [0.15, 0.2) is 48.1 Å². The molecule has 0 radical (unpaired) electrons. The molecule has 110 valence electrons. The van der Waals surface area contributed by atoms with Crippen LogP contribution in [0.2, 0.25) is 0 Å². The fourth-order valence-corrected chi connectivity index (χ4v) is 2.01. The van der Waals surface area contributed by atoms with Gasteiger partial charge in [-0.05, 0) is 26.0 Å². The molecule has 3 aromatic rings. The third kappa shape index (κ3) is 3.14. The number of anilines is 1. The van der Waals surface area contributed by atoms with Crippen LogP contribution in [-0.2, 0) is 0 Å². The molecule has 7 nitrogen and oxygen atoms in total. The fraction of sp³-hybridized carbons (Fsp3) is 0.133. The summed E-state index contributed by atoms with van der Waals surface area (Å²) in [5.74, 6) is 1.29. The van der Waals surface area contributed by atoms with E-state index in [-0.39, 0.29) is 0 Å². The van der Waals surface area contributed by atoms with Crippen molar-refractivity contribution in [2.75, 3.05) is 5.43 Å². The zero-order chi connectivity index (χ0) is 15.4. The van der Waals surface area contributed by atoms with Crippen molar-refractivity contribution in [2.24, 2.45) is 5.10 Å². The van der Waals surface area contributed by atoms with Gasteiger partial charge in [-0.25, -0.2) is 14.6 Å². The molecule has 0 aliphatic heterocycles. The Labute approximate surface area is 127 Å². The Morgan fingerprint density at radius 2 is 2.14 bits per heavy atom. The number of nitrogens with one attached hydrogen (secondary N) is 1. The molecule has 0 aliphatic carbocycles. The Kier molecular flexibility index (Phi) is 3.86. The lowest BCUT2D eigenvalue weighted by Gasteiger charge is -2.04. The van der Waals surface area contributed by atoms with E-state index in [1.54, 1.807) is 29.4 Å². The van der Waals surface area contributed by atoms with E-state index in [1.165, 1.54) is 6.33 Å². The number of nitrogens with zero attached hydrogens (tertiary/aromatic N) is 6. The van der Waals surface area contributed by atoms with E-state index in [1.807, 2.05) is 32.0 Å². The minimum Gasteiger partial charge on any atom is -0.264 e. The SMILES string of the molecule is Cc1cc(C)n(-c2cc(N/N=C\c3cccnc3)ncn2)n1. The first kappa shape index (κ1) is 13.9. The van der Waals surface area contributed by atoms with Crippen molar-refractivity contribution in [1.82, 2.24) is 24.7 Å². The normalized spacial score (nSPS) is 11.0. The van der Waals surface area contributed by atoms with Crippen LogP contribution in [0.25, 0.3) is 5.82 Å². The van der Waals surface area contributed by atoms with E-state index in [4.69, 9.17) is 0 Å². The number of rotatable bonds is 4. The summed E-state index contributed by atoms with van der Waals surface area (Å²) in [5, 5.41) is 8.54. The van der Waals surface area contributed by atoms with E-state index in [0.717, 1.165) is 17.0 Å². The van der Waals surface area contributed by atoms with E-state index >= 15 is 0 Å². The van der Waals surface area contributed by atoms with Crippen molar-refractivity contribution < 1.29 is 0 Å². The van der Waals surface area contributed by atoms with Crippen LogP contribution in [0.3, 0.4) is 0 Å². The van der Waals surface area contributed by atoms with Crippen LogP contribution in [0, 0.1) is 13.8 Å². The van der Waals surface area contributed by atoms with Gasteiger partial charge in [0.25, 0.3) is 0 Å². The second kappa shape index (κ2) is 6.13. The molecule has 0 atom stereocenters. The van der Waals surface area contributed by atoms with Crippen molar-refractivity contribution in [2.45, 2.75) is 13.8 Å². The average Bonchev–Trinajstić information content (AvgIpc) is 2.87. The molecule has 0 fully saturated rings. The Balaban J connectivity index is 1.77. The molecule has 0 aromatic carbocycles. The van der Waals surface area contributed by atoms with E-state index in [2.05, 4.69) is 30.6 Å². The maximum absolute atomic E-state index is 4.40. The third-order valence-corrected chi connectivity index (χ3v) is 2.96. The van der Waals surface area contributed by atoms with Crippen LogP contribution in [0.1, 0.15) is 17.0 Å². The van der Waals surface area contributed by atoms with Crippen LogP contribution < -0.4 is 5.43 Å². The first-order chi connectivity index (χ1) is 10.7. The van der Waals surface area contributed by atoms with E-state index in [9.17, 15) is 0 Å². The van der Waals surface area contributed by atoms with Gasteiger partial charge < -0.3 is 0 Å². The van der Waals surface area contributed by atoms with Gasteiger partial charge in [-0.15, -0.1) is 0 Å². The van der Waals surface area contributed by atoms with Gasteiger partial charge >= 0.3 is 0 Å². The molecule has 0 bridgehead atoms. The quantitative estimate of drug-likeness (QED) is 0.588. The highest BCUT2D eigenvalue weighted by Gasteiger charge is 2.05. The molecule has 22 heavy (non-hydrogen) atoms. The maximum atomic E-state index is 4.40.